The summed E-state index contributed by atoms with van der Waals surface area (Å²) in [4.78, 5) is 19.7. The number of para-hydroxylation sites is 1. The van der Waals surface area contributed by atoms with Crippen LogP contribution in [0.3, 0.4) is 0 Å². The highest BCUT2D eigenvalue weighted by molar-refractivity contribution is 14.1. The summed E-state index contributed by atoms with van der Waals surface area (Å²) < 4.78 is 1.13. The molecule has 1 N–H and O–H groups in total. The van der Waals surface area contributed by atoms with E-state index in [0.717, 1.165) is 25.8 Å². The van der Waals surface area contributed by atoms with Crippen LogP contribution < -0.4 is 10.2 Å². The van der Waals surface area contributed by atoms with E-state index >= 15 is 0 Å². The summed E-state index contributed by atoms with van der Waals surface area (Å²) in [6.45, 7) is 1.86. The Morgan fingerprint density at radius 1 is 1.12 bits per heavy atom. The van der Waals surface area contributed by atoms with E-state index in [1.807, 2.05) is 73.5 Å². The van der Waals surface area contributed by atoms with Gasteiger partial charge in [-0.05, 0) is 65.9 Å². The number of benzene rings is 2. The Bertz CT molecular complexity index is 846. The van der Waals surface area contributed by atoms with Gasteiger partial charge in [-0.25, -0.2) is 4.98 Å². The van der Waals surface area contributed by atoms with Crippen molar-refractivity contribution in [2.75, 3.05) is 17.3 Å². The van der Waals surface area contributed by atoms with Gasteiger partial charge < -0.3 is 10.2 Å². The molecule has 122 valence electrons. The van der Waals surface area contributed by atoms with E-state index < -0.39 is 0 Å². The number of amides is 1. The van der Waals surface area contributed by atoms with Crippen molar-refractivity contribution in [2.24, 2.45) is 0 Å². The maximum Gasteiger partial charge on any atom is 0.267 e. The van der Waals surface area contributed by atoms with Gasteiger partial charge >= 0.3 is 0 Å². The minimum atomic E-state index is -0.126. The van der Waals surface area contributed by atoms with Gasteiger partial charge in [0, 0.05) is 22.0 Å². The first-order chi connectivity index (χ1) is 11.5. The Morgan fingerprint density at radius 3 is 2.46 bits per heavy atom. The van der Waals surface area contributed by atoms with E-state index in [4.69, 9.17) is 0 Å². The monoisotopic (exact) mass is 449 g/mol. The van der Waals surface area contributed by atoms with Crippen LogP contribution in [0.5, 0.6) is 0 Å². The molecule has 2 aromatic carbocycles. The molecule has 6 heteroatoms. The Balaban J connectivity index is 1.80. The summed E-state index contributed by atoms with van der Waals surface area (Å²) in [6.07, 6.45) is 0. The second-order valence-electron chi connectivity index (χ2n) is 5.27. The van der Waals surface area contributed by atoms with Crippen LogP contribution >= 0.6 is 33.9 Å². The fourth-order valence-electron chi connectivity index (χ4n) is 2.22. The van der Waals surface area contributed by atoms with Gasteiger partial charge in [0.15, 0.2) is 5.13 Å². The molecule has 0 bridgehead atoms. The molecule has 3 rings (SSSR count). The van der Waals surface area contributed by atoms with Gasteiger partial charge in [-0.1, -0.05) is 29.5 Å². The lowest BCUT2D eigenvalue weighted by Gasteiger charge is -2.15. The van der Waals surface area contributed by atoms with Crippen molar-refractivity contribution in [2.45, 2.75) is 6.92 Å². The van der Waals surface area contributed by atoms with Crippen LogP contribution in [0.15, 0.2) is 54.6 Å². The molecule has 0 fully saturated rings. The van der Waals surface area contributed by atoms with Crippen LogP contribution in [0, 0.1) is 10.5 Å². The molecule has 0 atom stereocenters. The van der Waals surface area contributed by atoms with Gasteiger partial charge in [0.25, 0.3) is 5.91 Å². The number of rotatable bonds is 4. The quantitative estimate of drug-likeness (QED) is 0.566. The number of anilines is 3. The number of nitrogens with one attached hydrogen (secondary N) is 1. The normalized spacial score (nSPS) is 10.5. The molecule has 0 spiro atoms. The average Bonchev–Trinajstić information content (AvgIpc) is 2.99. The lowest BCUT2D eigenvalue weighted by atomic mass is 10.3. The zero-order valence-electron chi connectivity index (χ0n) is 13.3. The third-order valence-electron chi connectivity index (χ3n) is 3.52. The van der Waals surface area contributed by atoms with Crippen LogP contribution in [0.2, 0.25) is 0 Å². The molecule has 0 radical (unpaired) electrons. The van der Waals surface area contributed by atoms with E-state index in [2.05, 4.69) is 32.9 Å². The zero-order valence-corrected chi connectivity index (χ0v) is 16.3. The number of thiazole rings is 1. The largest absolute Gasteiger partial charge is 0.321 e. The van der Waals surface area contributed by atoms with Crippen molar-refractivity contribution in [3.63, 3.8) is 0 Å². The van der Waals surface area contributed by atoms with E-state index in [-0.39, 0.29) is 5.91 Å². The first-order valence-corrected chi connectivity index (χ1v) is 9.27. The molecular weight excluding hydrogens is 433 g/mol. The molecule has 1 aromatic heterocycles. The second kappa shape index (κ2) is 7.31. The Labute approximate surface area is 158 Å². The van der Waals surface area contributed by atoms with Gasteiger partial charge in [0.2, 0.25) is 0 Å². The maximum atomic E-state index is 12.5. The molecule has 0 aliphatic rings. The van der Waals surface area contributed by atoms with Crippen molar-refractivity contribution >= 4 is 56.3 Å². The molecule has 0 saturated heterocycles. The van der Waals surface area contributed by atoms with E-state index in [1.54, 1.807) is 0 Å². The molecule has 0 aliphatic carbocycles. The van der Waals surface area contributed by atoms with Gasteiger partial charge in [0.05, 0.1) is 5.69 Å². The molecule has 0 aliphatic heterocycles. The molecule has 3 aromatic rings. The lowest BCUT2D eigenvalue weighted by molar-refractivity contribution is 0.103. The van der Waals surface area contributed by atoms with Crippen LogP contribution in [0.1, 0.15) is 15.4 Å². The number of hydrogen-bond acceptors (Lipinski definition) is 4. The van der Waals surface area contributed by atoms with Gasteiger partial charge in [-0.2, -0.15) is 0 Å². The van der Waals surface area contributed by atoms with Gasteiger partial charge in [0.1, 0.15) is 4.88 Å². The van der Waals surface area contributed by atoms with E-state index in [9.17, 15) is 4.79 Å². The number of aromatic nitrogens is 1. The van der Waals surface area contributed by atoms with Crippen molar-refractivity contribution in [3.8, 4) is 0 Å². The van der Waals surface area contributed by atoms with Crippen LogP contribution in [-0.4, -0.2) is 17.9 Å². The minimum Gasteiger partial charge on any atom is -0.321 e. The summed E-state index contributed by atoms with van der Waals surface area (Å²) in [5.74, 6) is -0.126. The van der Waals surface area contributed by atoms with Crippen molar-refractivity contribution in [3.05, 3.63) is 68.7 Å². The fourth-order valence-corrected chi connectivity index (χ4v) is 3.52. The average molecular weight is 449 g/mol. The van der Waals surface area contributed by atoms with E-state index in [1.165, 1.54) is 11.3 Å². The van der Waals surface area contributed by atoms with Crippen LogP contribution in [0.4, 0.5) is 16.5 Å². The fraction of sp³-hybridized carbons (Fsp3) is 0.111. The van der Waals surface area contributed by atoms with Crippen LogP contribution in [0.25, 0.3) is 0 Å². The molecule has 1 heterocycles. The smallest absolute Gasteiger partial charge is 0.267 e. The highest BCUT2D eigenvalue weighted by Gasteiger charge is 2.18. The van der Waals surface area contributed by atoms with Gasteiger partial charge in [-0.3, -0.25) is 4.79 Å². The number of halogens is 1. The van der Waals surface area contributed by atoms with Gasteiger partial charge in [-0.15, -0.1) is 0 Å². The predicted octanol–water partition coefficient (Wildman–Crippen LogP) is 5.08. The Kier molecular flexibility index (Phi) is 5.15. The third-order valence-corrected chi connectivity index (χ3v) is 5.48. The molecule has 0 saturated carbocycles. The minimum absolute atomic E-state index is 0.126. The number of carbonyl (C=O) groups excluding carboxylic acids is 1. The number of carbonyl (C=O) groups is 1. The number of hydrogen-bond donors (Lipinski definition) is 1. The molecule has 4 nitrogen and oxygen atoms in total. The number of nitrogens with zero attached hydrogens (tertiary/aromatic N) is 2. The summed E-state index contributed by atoms with van der Waals surface area (Å²) in [5.41, 5.74) is 2.56. The van der Waals surface area contributed by atoms with E-state index in [0.29, 0.717) is 4.88 Å². The third kappa shape index (κ3) is 3.76. The zero-order chi connectivity index (χ0) is 17.1. The summed E-state index contributed by atoms with van der Waals surface area (Å²) >= 11 is 3.63. The highest BCUT2D eigenvalue weighted by atomic mass is 127. The standard InChI is InChI=1S/C18H16IN3OS/c1-12-16(17(23)21-14-10-8-13(19)9-11-14)24-18(20-12)22(2)15-6-4-3-5-7-15/h3-11H,1-2H3,(H,21,23). The maximum absolute atomic E-state index is 12.5. The SMILES string of the molecule is Cc1nc(N(C)c2ccccc2)sc1C(=O)Nc1ccc(I)cc1. The summed E-state index contributed by atoms with van der Waals surface area (Å²) in [5, 5.41) is 3.73. The first-order valence-electron chi connectivity index (χ1n) is 7.38. The summed E-state index contributed by atoms with van der Waals surface area (Å²) in [6, 6.07) is 17.7. The number of aryl methyl sites for hydroxylation is 1. The predicted molar refractivity (Wildman–Crippen MR) is 108 cm³/mol. The Hall–Kier alpha value is -1.93. The topological polar surface area (TPSA) is 45.2 Å². The van der Waals surface area contributed by atoms with Crippen LogP contribution in [-0.2, 0) is 0 Å². The lowest BCUT2D eigenvalue weighted by Crippen LogP contribution is -2.11. The molecular formula is C18H16IN3OS. The molecule has 24 heavy (non-hydrogen) atoms. The van der Waals surface area contributed by atoms with Crippen molar-refractivity contribution in [1.82, 2.24) is 4.98 Å². The van der Waals surface area contributed by atoms with Crippen molar-refractivity contribution in [1.29, 1.82) is 0 Å². The molecule has 1 amide bonds. The Morgan fingerprint density at radius 2 is 1.79 bits per heavy atom. The summed E-state index contributed by atoms with van der Waals surface area (Å²) in [7, 11) is 1.95. The molecule has 0 unspecified atom stereocenters. The first kappa shape index (κ1) is 16.9. The highest BCUT2D eigenvalue weighted by Crippen LogP contribution is 2.30. The second-order valence-corrected chi connectivity index (χ2v) is 7.49. The van der Waals surface area contributed by atoms with Crippen molar-refractivity contribution < 1.29 is 4.79 Å².